The molecule has 0 fully saturated rings. The highest BCUT2D eigenvalue weighted by Crippen LogP contribution is 2.32. The van der Waals surface area contributed by atoms with Crippen molar-refractivity contribution in [3.05, 3.63) is 28.5 Å². The van der Waals surface area contributed by atoms with Gasteiger partial charge < -0.3 is 0 Å². The Bertz CT molecular complexity index is 326. The highest BCUT2D eigenvalue weighted by atomic mass is 35.5. The smallest absolute Gasteiger partial charge is 0.158 e. The molecular weight excluding hydrogens is 226 g/mol. The van der Waals surface area contributed by atoms with Crippen molar-refractivity contribution in [3.8, 4) is 0 Å². The number of hydrogen-bond acceptors (Lipinski definition) is 1. The molecule has 0 atom stereocenters. The summed E-state index contributed by atoms with van der Waals surface area (Å²) in [5.74, 6) is -0.293. The molecule has 0 N–H and O–H groups in total. The van der Waals surface area contributed by atoms with Crippen LogP contribution in [0.2, 0.25) is 5.02 Å². The first-order valence-corrected chi connectivity index (χ1v) is 5.41. The van der Waals surface area contributed by atoms with Crippen LogP contribution in [0.5, 0.6) is 0 Å². The molecule has 0 unspecified atom stereocenters. The average molecular weight is 237 g/mol. The zero-order chi connectivity index (χ0) is 10.7. The molecule has 0 aliphatic heterocycles. The van der Waals surface area contributed by atoms with Crippen LogP contribution in [0.15, 0.2) is 17.0 Å². The van der Waals surface area contributed by atoms with Gasteiger partial charge in [-0.25, -0.2) is 4.39 Å². The second-order valence-electron chi connectivity index (χ2n) is 3.52. The normalized spacial score (nSPS) is 11.0. The molecule has 0 saturated carbocycles. The minimum Gasteiger partial charge on any atom is -0.204 e. The molecule has 1 aromatic carbocycles. The van der Waals surface area contributed by atoms with E-state index in [9.17, 15) is 8.28 Å². The highest BCUT2D eigenvalue weighted by molar-refractivity contribution is 7.94. The van der Waals surface area contributed by atoms with Crippen LogP contribution in [0, 0.1) is 11.7 Å². The summed E-state index contributed by atoms with van der Waals surface area (Å²) >= 11 is 5.46. The van der Waals surface area contributed by atoms with Crippen molar-refractivity contribution in [1.82, 2.24) is 0 Å². The standard InChI is InChI=1S/C10H11ClF2S/c1-6(2)5-7-3-4-8(11)9(12)10(7)14-13/h3-4,6H,5H2,1-2H3. The van der Waals surface area contributed by atoms with Crippen molar-refractivity contribution in [2.45, 2.75) is 25.2 Å². The molecule has 1 rings (SSSR count). The fourth-order valence-corrected chi connectivity index (χ4v) is 1.90. The maximum atomic E-state index is 13.3. The molecule has 0 radical (unpaired) electrons. The monoisotopic (exact) mass is 236 g/mol. The van der Waals surface area contributed by atoms with Crippen LogP contribution in [0.3, 0.4) is 0 Å². The summed E-state index contributed by atoms with van der Waals surface area (Å²) in [7, 11) is 0. The number of hydrogen-bond donors (Lipinski definition) is 0. The molecule has 0 aliphatic rings. The third-order valence-corrected chi connectivity index (χ3v) is 2.72. The van der Waals surface area contributed by atoms with E-state index in [-0.39, 0.29) is 22.1 Å². The van der Waals surface area contributed by atoms with E-state index in [1.165, 1.54) is 6.07 Å². The molecule has 0 bridgehead atoms. The van der Waals surface area contributed by atoms with Crippen LogP contribution in [0.25, 0.3) is 0 Å². The molecule has 0 spiro atoms. The highest BCUT2D eigenvalue weighted by Gasteiger charge is 2.14. The topological polar surface area (TPSA) is 0 Å². The number of halogens is 3. The van der Waals surface area contributed by atoms with Crippen molar-refractivity contribution in [2.24, 2.45) is 5.92 Å². The predicted octanol–water partition coefficient (Wildman–Crippen LogP) is 4.65. The van der Waals surface area contributed by atoms with Gasteiger partial charge in [0.05, 0.1) is 22.1 Å². The second-order valence-corrected chi connectivity index (χ2v) is 4.49. The van der Waals surface area contributed by atoms with Crippen molar-refractivity contribution < 1.29 is 8.28 Å². The van der Waals surface area contributed by atoms with Gasteiger partial charge in [0.1, 0.15) is 0 Å². The molecule has 78 valence electrons. The van der Waals surface area contributed by atoms with E-state index in [0.717, 1.165) is 0 Å². The lowest BCUT2D eigenvalue weighted by molar-refractivity contribution is 0.581. The van der Waals surface area contributed by atoms with Crippen LogP contribution in [-0.4, -0.2) is 0 Å². The van der Waals surface area contributed by atoms with E-state index >= 15 is 0 Å². The molecule has 0 aromatic heterocycles. The van der Waals surface area contributed by atoms with Gasteiger partial charge in [-0.2, -0.15) is 3.89 Å². The molecule has 4 heteroatoms. The molecule has 0 amide bonds. The molecule has 14 heavy (non-hydrogen) atoms. The van der Waals surface area contributed by atoms with Crippen molar-refractivity contribution in [2.75, 3.05) is 0 Å². The van der Waals surface area contributed by atoms with Gasteiger partial charge in [0.25, 0.3) is 0 Å². The van der Waals surface area contributed by atoms with E-state index in [4.69, 9.17) is 11.6 Å². The fraction of sp³-hybridized carbons (Fsp3) is 0.400. The summed E-state index contributed by atoms with van der Waals surface area (Å²) in [5, 5.41) is -0.0299. The van der Waals surface area contributed by atoms with Crippen LogP contribution < -0.4 is 0 Å². The molecular formula is C10H11ClF2S. The first-order chi connectivity index (χ1) is 6.56. The molecule has 0 nitrogen and oxygen atoms in total. The zero-order valence-electron chi connectivity index (χ0n) is 7.98. The van der Waals surface area contributed by atoms with E-state index in [1.807, 2.05) is 13.8 Å². The lowest BCUT2D eigenvalue weighted by Crippen LogP contribution is -1.98. The lowest BCUT2D eigenvalue weighted by atomic mass is 10.0. The van der Waals surface area contributed by atoms with E-state index in [1.54, 1.807) is 6.07 Å². The summed E-state index contributed by atoms with van der Waals surface area (Å²) in [6.07, 6.45) is 0.653. The molecule has 1 aromatic rings. The summed E-state index contributed by atoms with van der Waals surface area (Å²) in [4.78, 5) is 0.0196. The number of benzene rings is 1. The van der Waals surface area contributed by atoms with Gasteiger partial charge in [-0.15, -0.1) is 0 Å². The Hall–Kier alpha value is -0.280. The molecule has 0 saturated heterocycles. The Balaban J connectivity index is 3.10. The SMILES string of the molecule is CC(C)Cc1ccc(Cl)c(F)c1SF. The lowest BCUT2D eigenvalue weighted by Gasteiger charge is -2.09. The Morgan fingerprint density at radius 1 is 1.43 bits per heavy atom. The van der Waals surface area contributed by atoms with Crippen LogP contribution in [0.4, 0.5) is 8.28 Å². The van der Waals surface area contributed by atoms with Gasteiger partial charge in [0.2, 0.25) is 0 Å². The first kappa shape index (κ1) is 11.8. The van der Waals surface area contributed by atoms with E-state index in [0.29, 0.717) is 17.9 Å². The van der Waals surface area contributed by atoms with Gasteiger partial charge in [0, 0.05) is 0 Å². The Morgan fingerprint density at radius 3 is 2.57 bits per heavy atom. The van der Waals surface area contributed by atoms with Crippen LogP contribution >= 0.6 is 23.7 Å². The van der Waals surface area contributed by atoms with Gasteiger partial charge in [0.15, 0.2) is 5.82 Å². The fourth-order valence-electron chi connectivity index (χ4n) is 1.26. The summed E-state index contributed by atoms with van der Waals surface area (Å²) < 4.78 is 25.8. The average Bonchev–Trinajstić information content (AvgIpc) is 2.11. The van der Waals surface area contributed by atoms with Crippen LogP contribution in [0.1, 0.15) is 19.4 Å². The third kappa shape index (κ3) is 2.61. The first-order valence-electron chi connectivity index (χ1n) is 4.31. The minimum atomic E-state index is -0.655. The third-order valence-electron chi connectivity index (χ3n) is 1.84. The maximum Gasteiger partial charge on any atom is 0.158 e. The summed E-state index contributed by atoms with van der Waals surface area (Å²) in [6, 6.07) is 3.14. The van der Waals surface area contributed by atoms with Crippen molar-refractivity contribution in [3.63, 3.8) is 0 Å². The van der Waals surface area contributed by atoms with Crippen molar-refractivity contribution >= 4 is 23.7 Å². The maximum absolute atomic E-state index is 13.3. The van der Waals surface area contributed by atoms with Gasteiger partial charge in [-0.05, 0) is 24.0 Å². The van der Waals surface area contributed by atoms with Gasteiger partial charge in [-0.3, -0.25) is 0 Å². The Morgan fingerprint density at radius 2 is 2.07 bits per heavy atom. The second kappa shape index (κ2) is 4.99. The quantitative estimate of drug-likeness (QED) is 0.736. The van der Waals surface area contributed by atoms with Gasteiger partial charge >= 0.3 is 0 Å². The largest absolute Gasteiger partial charge is 0.204 e. The zero-order valence-corrected chi connectivity index (χ0v) is 9.55. The minimum absolute atomic E-state index is 0.0196. The number of rotatable bonds is 3. The summed E-state index contributed by atoms with van der Waals surface area (Å²) in [5.41, 5.74) is 0.675. The van der Waals surface area contributed by atoms with E-state index in [2.05, 4.69) is 0 Å². The Kier molecular flexibility index (Phi) is 4.20. The predicted molar refractivity (Wildman–Crippen MR) is 56.9 cm³/mol. The van der Waals surface area contributed by atoms with Gasteiger partial charge in [-0.1, -0.05) is 31.5 Å². The van der Waals surface area contributed by atoms with E-state index < -0.39 is 5.82 Å². The Labute approximate surface area is 91.9 Å². The molecule has 0 heterocycles. The van der Waals surface area contributed by atoms with Crippen LogP contribution in [-0.2, 0) is 6.42 Å². The van der Waals surface area contributed by atoms with Crippen molar-refractivity contribution in [1.29, 1.82) is 0 Å². The molecule has 0 aliphatic carbocycles. The summed E-state index contributed by atoms with van der Waals surface area (Å²) in [6.45, 7) is 4.00.